The van der Waals surface area contributed by atoms with Crippen molar-refractivity contribution in [2.45, 2.75) is 6.54 Å². The summed E-state index contributed by atoms with van der Waals surface area (Å²) in [6.45, 7) is 0.544. The van der Waals surface area contributed by atoms with Crippen LogP contribution in [0.25, 0.3) is 0 Å². The molecule has 2 aromatic carbocycles. The van der Waals surface area contributed by atoms with Crippen LogP contribution in [0.15, 0.2) is 48.5 Å². The van der Waals surface area contributed by atoms with Gasteiger partial charge in [0.05, 0.1) is 5.69 Å². The molecular weight excluding hydrogens is 244 g/mol. The fraction of sp³-hybridized carbons (Fsp3) is 0.143. The van der Waals surface area contributed by atoms with Gasteiger partial charge in [-0.1, -0.05) is 36.4 Å². The summed E-state index contributed by atoms with van der Waals surface area (Å²) < 4.78 is 13.6. The normalized spacial score (nSPS) is 10.3. The van der Waals surface area contributed by atoms with E-state index in [9.17, 15) is 4.39 Å². The van der Waals surface area contributed by atoms with Gasteiger partial charge in [0, 0.05) is 13.6 Å². The third-order valence-electron chi connectivity index (χ3n) is 2.96. The number of anilines is 1. The van der Waals surface area contributed by atoms with Gasteiger partial charge in [0.2, 0.25) is 0 Å². The summed E-state index contributed by atoms with van der Waals surface area (Å²) in [5.74, 6) is -0.257. The quantitative estimate of drug-likeness (QED) is 0.809. The lowest BCUT2D eigenvalue weighted by Crippen LogP contribution is -2.29. The van der Waals surface area contributed by atoms with E-state index in [0.717, 1.165) is 5.56 Å². The summed E-state index contributed by atoms with van der Waals surface area (Å²) in [5, 5.41) is 18.0. The first kappa shape index (κ1) is 13.6. The summed E-state index contributed by atoms with van der Waals surface area (Å²) in [7, 11) is 0.353. The number of hydrogen-bond donors (Lipinski definition) is 2. The maximum atomic E-state index is 13.6. The van der Waals surface area contributed by atoms with E-state index in [-0.39, 0.29) is 5.82 Å². The molecule has 0 unspecified atom stereocenters. The molecule has 2 rings (SSSR count). The van der Waals surface area contributed by atoms with Gasteiger partial charge in [0.25, 0.3) is 0 Å². The zero-order chi connectivity index (χ0) is 13.8. The second-order valence-electron chi connectivity index (χ2n) is 4.42. The van der Waals surface area contributed by atoms with Gasteiger partial charge in [0.15, 0.2) is 0 Å². The van der Waals surface area contributed by atoms with Crippen molar-refractivity contribution in [3.8, 4) is 0 Å². The van der Waals surface area contributed by atoms with E-state index in [4.69, 9.17) is 10.0 Å². The second kappa shape index (κ2) is 5.86. The van der Waals surface area contributed by atoms with E-state index in [1.807, 2.05) is 7.05 Å². The second-order valence-corrected chi connectivity index (χ2v) is 4.42. The lowest BCUT2D eigenvalue weighted by molar-refractivity contribution is 0.426. The van der Waals surface area contributed by atoms with Crippen LogP contribution in [0.5, 0.6) is 0 Å². The summed E-state index contributed by atoms with van der Waals surface area (Å²) in [5.41, 5.74) is 1.95. The van der Waals surface area contributed by atoms with Gasteiger partial charge in [-0.25, -0.2) is 4.39 Å². The Kier molecular flexibility index (Phi) is 4.19. The van der Waals surface area contributed by atoms with Crippen LogP contribution in [0.4, 0.5) is 10.1 Å². The van der Waals surface area contributed by atoms with Crippen molar-refractivity contribution < 1.29 is 14.4 Å². The Hall–Kier alpha value is -1.85. The molecule has 0 bridgehead atoms. The van der Waals surface area contributed by atoms with E-state index in [1.54, 1.807) is 47.4 Å². The van der Waals surface area contributed by atoms with Crippen LogP contribution in [-0.4, -0.2) is 24.2 Å². The zero-order valence-corrected chi connectivity index (χ0v) is 10.6. The molecule has 2 aromatic rings. The highest BCUT2D eigenvalue weighted by Crippen LogP contribution is 2.18. The van der Waals surface area contributed by atoms with Crippen LogP contribution in [0.1, 0.15) is 5.56 Å². The molecule has 19 heavy (non-hydrogen) atoms. The third kappa shape index (κ3) is 3.33. The Bertz CT molecular complexity index is 545. The van der Waals surface area contributed by atoms with Crippen molar-refractivity contribution in [3.05, 3.63) is 59.9 Å². The van der Waals surface area contributed by atoms with Gasteiger partial charge in [-0.2, -0.15) is 0 Å². The molecule has 0 atom stereocenters. The van der Waals surface area contributed by atoms with Crippen LogP contribution >= 0.6 is 0 Å². The summed E-state index contributed by atoms with van der Waals surface area (Å²) in [6.07, 6.45) is 0. The van der Waals surface area contributed by atoms with Gasteiger partial charge in [-0.05, 0) is 23.2 Å². The van der Waals surface area contributed by atoms with Crippen molar-refractivity contribution in [1.82, 2.24) is 0 Å². The van der Waals surface area contributed by atoms with Crippen LogP contribution in [0.3, 0.4) is 0 Å². The SMILES string of the molecule is CN(Cc1ccc(B(O)O)cc1)c1ccccc1F. The standard InChI is InChI=1S/C14H15BFNO2/c1-17(14-5-3-2-4-13(14)16)10-11-6-8-12(9-7-11)15(18)19/h2-9,18-19H,10H2,1H3. The van der Waals surface area contributed by atoms with E-state index in [1.165, 1.54) is 6.07 Å². The lowest BCUT2D eigenvalue weighted by Gasteiger charge is -2.20. The number of benzene rings is 2. The summed E-state index contributed by atoms with van der Waals surface area (Å²) in [4.78, 5) is 1.81. The molecule has 0 aliphatic rings. The number of hydrogen-bond acceptors (Lipinski definition) is 3. The molecule has 0 saturated heterocycles. The largest absolute Gasteiger partial charge is 0.488 e. The lowest BCUT2D eigenvalue weighted by atomic mass is 9.80. The Morgan fingerprint density at radius 3 is 2.26 bits per heavy atom. The molecule has 0 aliphatic heterocycles. The van der Waals surface area contributed by atoms with E-state index in [0.29, 0.717) is 17.7 Å². The minimum atomic E-state index is -1.46. The van der Waals surface area contributed by atoms with Crippen molar-refractivity contribution >= 4 is 18.3 Å². The first-order chi connectivity index (χ1) is 9.08. The fourth-order valence-corrected chi connectivity index (χ4v) is 1.92. The molecule has 0 spiro atoms. The average Bonchev–Trinajstić information content (AvgIpc) is 2.39. The molecule has 5 heteroatoms. The summed E-state index contributed by atoms with van der Waals surface area (Å²) in [6, 6.07) is 13.5. The van der Waals surface area contributed by atoms with Gasteiger partial charge in [-0.15, -0.1) is 0 Å². The fourth-order valence-electron chi connectivity index (χ4n) is 1.92. The molecule has 0 aromatic heterocycles. The third-order valence-corrected chi connectivity index (χ3v) is 2.96. The number of halogens is 1. The maximum absolute atomic E-state index is 13.6. The van der Waals surface area contributed by atoms with Crippen LogP contribution < -0.4 is 10.4 Å². The van der Waals surface area contributed by atoms with Crippen LogP contribution in [0, 0.1) is 5.82 Å². The highest BCUT2D eigenvalue weighted by Gasteiger charge is 2.11. The minimum Gasteiger partial charge on any atom is -0.423 e. The van der Waals surface area contributed by atoms with Crippen molar-refractivity contribution in [2.24, 2.45) is 0 Å². The predicted octanol–water partition coefficient (Wildman–Crippen LogP) is 1.14. The zero-order valence-electron chi connectivity index (χ0n) is 10.6. The maximum Gasteiger partial charge on any atom is 0.488 e. The highest BCUT2D eigenvalue weighted by molar-refractivity contribution is 6.58. The minimum absolute atomic E-state index is 0.257. The molecule has 0 radical (unpaired) electrons. The number of para-hydroxylation sites is 1. The Labute approximate surface area is 112 Å². The molecule has 0 heterocycles. The first-order valence-corrected chi connectivity index (χ1v) is 5.98. The highest BCUT2D eigenvalue weighted by atomic mass is 19.1. The smallest absolute Gasteiger partial charge is 0.423 e. The molecule has 98 valence electrons. The molecule has 0 saturated carbocycles. The first-order valence-electron chi connectivity index (χ1n) is 5.98. The Morgan fingerprint density at radius 2 is 1.68 bits per heavy atom. The van der Waals surface area contributed by atoms with Crippen molar-refractivity contribution in [1.29, 1.82) is 0 Å². The van der Waals surface area contributed by atoms with Crippen molar-refractivity contribution in [3.63, 3.8) is 0 Å². The average molecular weight is 259 g/mol. The van der Waals surface area contributed by atoms with Crippen molar-refractivity contribution in [2.75, 3.05) is 11.9 Å². The Balaban J connectivity index is 2.11. The van der Waals surface area contributed by atoms with Crippen LogP contribution in [-0.2, 0) is 6.54 Å². The molecule has 2 N–H and O–H groups in total. The van der Waals surface area contributed by atoms with Gasteiger partial charge in [0.1, 0.15) is 5.82 Å². The topological polar surface area (TPSA) is 43.7 Å². The molecule has 0 aliphatic carbocycles. The molecule has 0 amide bonds. The molecule has 0 fully saturated rings. The van der Waals surface area contributed by atoms with E-state index < -0.39 is 7.12 Å². The molecular formula is C14H15BFNO2. The number of nitrogens with zero attached hydrogens (tertiary/aromatic N) is 1. The van der Waals surface area contributed by atoms with Crippen LogP contribution in [0.2, 0.25) is 0 Å². The van der Waals surface area contributed by atoms with Gasteiger partial charge < -0.3 is 14.9 Å². The van der Waals surface area contributed by atoms with Gasteiger partial charge >= 0.3 is 7.12 Å². The van der Waals surface area contributed by atoms with E-state index in [2.05, 4.69) is 0 Å². The Morgan fingerprint density at radius 1 is 1.05 bits per heavy atom. The van der Waals surface area contributed by atoms with Gasteiger partial charge in [-0.3, -0.25) is 0 Å². The summed E-state index contributed by atoms with van der Waals surface area (Å²) >= 11 is 0. The monoisotopic (exact) mass is 259 g/mol. The predicted molar refractivity (Wildman–Crippen MR) is 74.8 cm³/mol. The molecule has 3 nitrogen and oxygen atoms in total. The number of rotatable bonds is 4. The van der Waals surface area contributed by atoms with E-state index >= 15 is 0 Å².